The standard InChI is InChI=1S/C15H14ClNS/c16-13-8-6-12(7-9-13)14(10-15(17)18)11-4-2-1-3-5-11/h1-9,14H,10H2,(H2,17,18). The molecule has 0 aliphatic carbocycles. The van der Waals surface area contributed by atoms with Crippen LogP contribution in [0, 0.1) is 0 Å². The van der Waals surface area contributed by atoms with Crippen LogP contribution < -0.4 is 5.73 Å². The van der Waals surface area contributed by atoms with Crippen molar-refractivity contribution >= 4 is 28.8 Å². The molecule has 2 aromatic rings. The summed E-state index contributed by atoms with van der Waals surface area (Å²) in [6.07, 6.45) is 0.668. The first kappa shape index (κ1) is 13.1. The van der Waals surface area contributed by atoms with E-state index in [0.29, 0.717) is 11.4 Å². The van der Waals surface area contributed by atoms with Gasteiger partial charge in [-0.25, -0.2) is 0 Å². The first-order chi connectivity index (χ1) is 8.66. The van der Waals surface area contributed by atoms with Crippen molar-refractivity contribution in [2.45, 2.75) is 12.3 Å². The van der Waals surface area contributed by atoms with Crippen LogP contribution in [0.2, 0.25) is 5.02 Å². The van der Waals surface area contributed by atoms with E-state index >= 15 is 0 Å². The molecule has 0 fully saturated rings. The minimum Gasteiger partial charge on any atom is -0.393 e. The SMILES string of the molecule is NC(=S)CC(c1ccccc1)c1ccc(Cl)cc1. The Balaban J connectivity index is 2.36. The van der Waals surface area contributed by atoms with Crippen molar-refractivity contribution in [3.63, 3.8) is 0 Å². The van der Waals surface area contributed by atoms with Crippen molar-refractivity contribution in [2.75, 3.05) is 0 Å². The number of rotatable bonds is 4. The largest absolute Gasteiger partial charge is 0.393 e. The molecule has 2 N–H and O–H groups in total. The third-order valence-electron chi connectivity index (χ3n) is 2.88. The van der Waals surface area contributed by atoms with E-state index in [-0.39, 0.29) is 5.92 Å². The number of hydrogen-bond donors (Lipinski definition) is 1. The van der Waals surface area contributed by atoms with Gasteiger partial charge in [0.15, 0.2) is 0 Å². The summed E-state index contributed by atoms with van der Waals surface area (Å²) in [5.41, 5.74) is 8.10. The fourth-order valence-electron chi connectivity index (χ4n) is 2.01. The van der Waals surface area contributed by atoms with E-state index in [1.54, 1.807) is 0 Å². The van der Waals surface area contributed by atoms with Gasteiger partial charge in [-0.3, -0.25) is 0 Å². The summed E-state index contributed by atoms with van der Waals surface area (Å²) in [7, 11) is 0. The van der Waals surface area contributed by atoms with Crippen molar-refractivity contribution in [3.05, 3.63) is 70.7 Å². The lowest BCUT2D eigenvalue weighted by molar-refractivity contribution is 0.858. The van der Waals surface area contributed by atoms with Crippen LogP contribution in [0.25, 0.3) is 0 Å². The molecule has 0 saturated heterocycles. The smallest absolute Gasteiger partial charge is 0.0736 e. The van der Waals surface area contributed by atoms with Gasteiger partial charge in [-0.1, -0.05) is 66.3 Å². The Kier molecular flexibility index (Phi) is 4.34. The van der Waals surface area contributed by atoms with Crippen LogP contribution in [-0.2, 0) is 0 Å². The highest BCUT2D eigenvalue weighted by Crippen LogP contribution is 2.28. The topological polar surface area (TPSA) is 26.0 Å². The normalized spacial score (nSPS) is 12.1. The molecule has 1 unspecified atom stereocenters. The first-order valence-corrected chi connectivity index (χ1v) is 6.54. The lowest BCUT2D eigenvalue weighted by Crippen LogP contribution is -2.14. The predicted octanol–water partition coefficient (Wildman–Crippen LogP) is 4.15. The van der Waals surface area contributed by atoms with Crippen LogP contribution in [0.3, 0.4) is 0 Å². The Morgan fingerprint density at radius 1 is 1.00 bits per heavy atom. The highest BCUT2D eigenvalue weighted by Gasteiger charge is 2.14. The Labute approximate surface area is 118 Å². The minimum absolute atomic E-state index is 0.195. The molecule has 0 spiro atoms. The van der Waals surface area contributed by atoms with Gasteiger partial charge in [0.25, 0.3) is 0 Å². The molecule has 0 heterocycles. The fraction of sp³-hybridized carbons (Fsp3) is 0.133. The van der Waals surface area contributed by atoms with E-state index in [4.69, 9.17) is 29.6 Å². The van der Waals surface area contributed by atoms with Gasteiger partial charge >= 0.3 is 0 Å². The summed E-state index contributed by atoms with van der Waals surface area (Å²) in [5, 5.41) is 0.737. The molecule has 2 aromatic carbocycles. The maximum Gasteiger partial charge on any atom is 0.0736 e. The van der Waals surface area contributed by atoms with Gasteiger partial charge < -0.3 is 5.73 Å². The zero-order valence-corrected chi connectivity index (χ0v) is 11.4. The van der Waals surface area contributed by atoms with Crippen molar-refractivity contribution in [2.24, 2.45) is 5.73 Å². The number of thiocarbonyl (C=S) groups is 1. The molecule has 0 aromatic heterocycles. The van der Waals surface area contributed by atoms with E-state index in [9.17, 15) is 0 Å². The number of halogens is 1. The molecule has 0 radical (unpaired) electrons. The Morgan fingerprint density at radius 3 is 2.11 bits per heavy atom. The molecule has 92 valence electrons. The van der Waals surface area contributed by atoms with E-state index in [1.165, 1.54) is 11.1 Å². The van der Waals surface area contributed by atoms with E-state index < -0.39 is 0 Å². The molecule has 0 aliphatic heterocycles. The van der Waals surface area contributed by atoms with Crippen molar-refractivity contribution in [1.82, 2.24) is 0 Å². The number of nitrogens with two attached hydrogens (primary N) is 1. The van der Waals surface area contributed by atoms with Crippen molar-refractivity contribution in [1.29, 1.82) is 0 Å². The summed E-state index contributed by atoms with van der Waals surface area (Å²) < 4.78 is 0. The zero-order chi connectivity index (χ0) is 13.0. The third-order valence-corrected chi connectivity index (χ3v) is 3.30. The average molecular weight is 276 g/mol. The van der Waals surface area contributed by atoms with Crippen molar-refractivity contribution in [3.8, 4) is 0 Å². The molecule has 18 heavy (non-hydrogen) atoms. The molecule has 0 bridgehead atoms. The first-order valence-electron chi connectivity index (χ1n) is 5.75. The van der Waals surface area contributed by atoms with Crippen LogP contribution in [0.4, 0.5) is 0 Å². The van der Waals surface area contributed by atoms with E-state index in [0.717, 1.165) is 5.02 Å². The molecule has 0 aliphatic rings. The molecule has 1 nitrogen and oxygen atoms in total. The van der Waals surface area contributed by atoms with Gasteiger partial charge in [-0.2, -0.15) is 0 Å². The molecule has 0 saturated carbocycles. The lowest BCUT2D eigenvalue weighted by Gasteiger charge is -2.17. The minimum atomic E-state index is 0.195. The van der Waals surface area contributed by atoms with Crippen LogP contribution in [0.1, 0.15) is 23.5 Å². The number of hydrogen-bond acceptors (Lipinski definition) is 1. The van der Waals surface area contributed by atoms with Gasteiger partial charge in [0, 0.05) is 17.4 Å². The van der Waals surface area contributed by atoms with Crippen LogP contribution in [-0.4, -0.2) is 4.99 Å². The summed E-state index contributed by atoms with van der Waals surface area (Å²) in [5.74, 6) is 0.195. The molecule has 2 rings (SSSR count). The van der Waals surface area contributed by atoms with E-state index in [2.05, 4.69) is 12.1 Å². The summed E-state index contributed by atoms with van der Waals surface area (Å²) in [4.78, 5) is 0.527. The molecule has 1 atom stereocenters. The van der Waals surface area contributed by atoms with E-state index in [1.807, 2.05) is 42.5 Å². The van der Waals surface area contributed by atoms with Gasteiger partial charge in [-0.05, 0) is 23.3 Å². The van der Waals surface area contributed by atoms with Gasteiger partial charge in [-0.15, -0.1) is 0 Å². The fourth-order valence-corrected chi connectivity index (χ4v) is 2.30. The van der Waals surface area contributed by atoms with Gasteiger partial charge in [0.05, 0.1) is 4.99 Å². The quantitative estimate of drug-likeness (QED) is 0.849. The molecular formula is C15H14ClNS. The van der Waals surface area contributed by atoms with Crippen LogP contribution >= 0.6 is 23.8 Å². The summed E-state index contributed by atoms with van der Waals surface area (Å²) in [6, 6.07) is 18.1. The van der Waals surface area contributed by atoms with Gasteiger partial charge in [0.2, 0.25) is 0 Å². The molecule has 3 heteroatoms. The molecular weight excluding hydrogens is 262 g/mol. The maximum atomic E-state index is 5.92. The Hall–Kier alpha value is -1.38. The third kappa shape index (κ3) is 3.31. The maximum absolute atomic E-state index is 5.92. The monoisotopic (exact) mass is 275 g/mol. The zero-order valence-electron chi connectivity index (χ0n) is 9.84. The highest BCUT2D eigenvalue weighted by atomic mass is 35.5. The molecule has 0 amide bonds. The van der Waals surface area contributed by atoms with Gasteiger partial charge in [0.1, 0.15) is 0 Å². The summed E-state index contributed by atoms with van der Waals surface area (Å²) >= 11 is 11.0. The summed E-state index contributed by atoms with van der Waals surface area (Å²) in [6.45, 7) is 0. The Bertz CT molecular complexity index is 522. The highest BCUT2D eigenvalue weighted by molar-refractivity contribution is 7.80. The van der Waals surface area contributed by atoms with Crippen molar-refractivity contribution < 1.29 is 0 Å². The second kappa shape index (κ2) is 5.98. The second-order valence-electron chi connectivity index (χ2n) is 4.19. The Morgan fingerprint density at radius 2 is 1.56 bits per heavy atom. The number of benzene rings is 2. The predicted molar refractivity (Wildman–Crippen MR) is 81.1 cm³/mol. The lowest BCUT2D eigenvalue weighted by atomic mass is 9.88. The van der Waals surface area contributed by atoms with Crippen LogP contribution in [0.15, 0.2) is 54.6 Å². The second-order valence-corrected chi connectivity index (χ2v) is 5.15. The average Bonchev–Trinajstić information content (AvgIpc) is 2.38. The van der Waals surface area contributed by atoms with Crippen LogP contribution in [0.5, 0.6) is 0 Å².